The maximum absolute atomic E-state index is 12.1. The predicted molar refractivity (Wildman–Crippen MR) is 90.7 cm³/mol. The Bertz CT molecular complexity index is 491. The van der Waals surface area contributed by atoms with Gasteiger partial charge < -0.3 is 16.0 Å². The maximum atomic E-state index is 12.1. The molecule has 0 atom stereocenters. The lowest BCUT2D eigenvalue weighted by Gasteiger charge is -2.31. The number of carbonyl (C=O) groups is 2. The molecular weight excluding hydrogens is 351 g/mol. The highest BCUT2D eigenvalue weighted by Gasteiger charge is 2.26. The lowest BCUT2D eigenvalue weighted by Crippen LogP contribution is -2.43. The summed E-state index contributed by atoms with van der Waals surface area (Å²) < 4.78 is 0. The fourth-order valence-corrected chi connectivity index (χ4v) is 2.31. The van der Waals surface area contributed by atoms with Crippen LogP contribution in [-0.4, -0.2) is 41.3 Å². The summed E-state index contributed by atoms with van der Waals surface area (Å²) in [5, 5.41) is 3.28. The van der Waals surface area contributed by atoms with E-state index in [0.717, 1.165) is 0 Å². The van der Waals surface area contributed by atoms with Crippen molar-refractivity contribution in [3.05, 3.63) is 23.4 Å². The molecule has 6 nitrogen and oxygen atoms in total. The molecule has 0 bridgehead atoms. The van der Waals surface area contributed by atoms with Crippen LogP contribution in [0.3, 0.4) is 0 Å². The highest BCUT2D eigenvalue weighted by molar-refractivity contribution is 6.30. The molecular formula is C13H19Cl3N4O2. The average molecular weight is 370 g/mol. The van der Waals surface area contributed by atoms with Crippen molar-refractivity contribution in [2.45, 2.75) is 12.8 Å². The van der Waals surface area contributed by atoms with Crippen molar-refractivity contribution in [3.63, 3.8) is 0 Å². The number of carbonyl (C=O) groups excluding carboxylic acids is 2. The minimum atomic E-state index is -0.102. The summed E-state index contributed by atoms with van der Waals surface area (Å²) in [5.41, 5.74) is 5.32. The van der Waals surface area contributed by atoms with Gasteiger partial charge in [-0.25, -0.2) is 4.98 Å². The quantitative estimate of drug-likeness (QED) is 0.849. The molecule has 0 aliphatic carbocycles. The molecule has 0 aromatic carbocycles. The molecule has 1 aliphatic rings. The summed E-state index contributed by atoms with van der Waals surface area (Å²) in [6.07, 6.45) is 2.77. The van der Waals surface area contributed by atoms with E-state index in [9.17, 15) is 9.59 Å². The van der Waals surface area contributed by atoms with Crippen molar-refractivity contribution < 1.29 is 9.59 Å². The van der Waals surface area contributed by atoms with Crippen molar-refractivity contribution in [3.8, 4) is 0 Å². The first kappa shape index (κ1) is 20.9. The van der Waals surface area contributed by atoms with Gasteiger partial charge in [0.1, 0.15) is 5.82 Å². The standard InChI is InChI=1S/C13H17ClN4O2.2ClH/c14-10-1-2-11(16-8-10)17-13(20)9-3-5-18(6-4-9)12(19)7-15;;/h1-2,8-9H,3-7,15H2,(H,16,17,20);2*1H. The Labute approximate surface area is 146 Å². The molecule has 1 aromatic rings. The van der Waals surface area contributed by atoms with E-state index in [1.807, 2.05) is 0 Å². The zero-order chi connectivity index (χ0) is 14.5. The second-order valence-electron chi connectivity index (χ2n) is 4.71. The normalized spacial score (nSPS) is 14.5. The SMILES string of the molecule is Cl.Cl.NCC(=O)N1CCC(C(=O)Nc2ccc(Cl)cn2)CC1. The van der Waals surface area contributed by atoms with Gasteiger partial charge in [-0.2, -0.15) is 0 Å². The van der Waals surface area contributed by atoms with Crippen LogP contribution in [0.2, 0.25) is 5.02 Å². The molecule has 22 heavy (non-hydrogen) atoms. The first-order chi connectivity index (χ1) is 9.60. The Hall–Kier alpha value is -1.08. The van der Waals surface area contributed by atoms with Crippen LogP contribution in [0.25, 0.3) is 0 Å². The summed E-state index contributed by atoms with van der Waals surface area (Å²) in [4.78, 5) is 29.3. The monoisotopic (exact) mass is 368 g/mol. The number of halogens is 3. The highest BCUT2D eigenvalue weighted by Crippen LogP contribution is 2.19. The van der Waals surface area contributed by atoms with Crippen LogP contribution in [0.1, 0.15) is 12.8 Å². The number of aromatic nitrogens is 1. The first-order valence-electron chi connectivity index (χ1n) is 6.50. The van der Waals surface area contributed by atoms with Crippen LogP contribution in [0.15, 0.2) is 18.3 Å². The van der Waals surface area contributed by atoms with Crippen molar-refractivity contribution in [2.75, 3.05) is 25.0 Å². The van der Waals surface area contributed by atoms with E-state index in [-0.39, 0.29) is 49.1 Å². The summed E-state index contributed by atoms with van der Waals surface area (Å²) in [7, 11) is 0. The molecule has 0 spiro atoms. The van der Waals surface area contributed by atoms with Gasteiger partial charge in [-0.05, 0) is 25.0 Å². The number of likely N-dealkylation sites (tertiary alicyclic amines) is 1. The second-order valence-corrected chi connectivity index (χ2v) is 5.15. The van der Waals surface area contributed by atoms with Crippen LogP contribution in [-0.2, 0) is 9.59 Å². The van der Waals surface area contributed by atoms with Crippen LogP contribution in [0.4, 0.5) is 5.82 Å². The van der Waals surface area contributed by atoms with E-state index < -0.39 is 0 Å². The third-order valence-corrected chi connectivity index (χ3v) is 3.60. The van der Waals surface area contributed by atoms with Crippen molar-refractivity contribution in [1.82, 2.24) is 9.88 Å². The van der Waals surface area contributed by atoms with Gasteiger partial charge >= 0.3 is 0 Å². The number of nitrogens with zero attached hydrogens (tertiary/aromatic N) is 2. The number of nitrogens with one attached hydrogen (secondary N) is 1. The van der Waals surface area contributed by atoms with Crippen LogP contribution < -0.4 is 11.1 Å². The minimum Gasteiger partial charge on any atom is -0.342 e. The van der Waals surface area contributed by atoms with Gasteiger partial charge in [0, 0.05) is 25.2 Å². The molecule has 2 amide bonds. The number of hydrogen-bond donors (Lipinski definition) is 2. The lowest BCUT2D eigenvalue weighted by atomic mass is 9.96. The molecule has 1 aliphatic heterocycles. The number of hydrogen-bond acceptors (Lipinski definition) is 4. The largest absolute Gasteiger partial charge is 0.342 e. The Morgan fingerprint density at radius 2 is 1.95 bits per heavy atom. The molecule has 3 N–H and O–H groups in total. The third-order valence-electron chi connectivity index (χ3n) is 3.37. The maximum Gasteiger partial charge on any atom is 0.236 e. The van der Waals surface area contributed by atoms with Crippen LogP contribution in [0, 0.1) is 5.92 Å². The van der Waals surface area contributed by atoms with Gasteiger partial charge in [-0.3, -0.25) is 9.59 Å². The van der Waals surface area contributed by atoms with E-state index in [2.05, 4.69) is 10.3 Å². The smallest absolute Gasteiger partial charge is 0.236 e. The molecule has 1 aromatic heterocycles. The van der Waals surface area contributed by atoms with Gasteiger partial charge in [0.25, 0.3) is 0 Å². The van der Waals surface area contributed by atoms with Gasteiger partial charge in [0.2, 0.25) is 11.8 Å². The average Bonchev–Trinajstić information content (AvgIpc) is 2.49. The summed E-state index contributed by atoms with van der Waals surface area (Å²) in [6, 6.07) is 3.33. The number of anilines is 1. The molecule has 2 rings (SSSR count). The third kappa shape index (κ3) is 5.61. The van der Waals surface area contributed by atoms with E-state index in [1.165, 1.54) is 6.20 Å². The lowest BCUT2D eigenvalue weighted by molar-refractivity contribution is -0.133. The Balaban J connectivity index is 0.00000220. The first-order valence-corrected chi connectivity index (χ1v) is 6.88. The second kappa shape index (κ2) is 9.84. The van der Waals surface area contributed by atoms with Crippen LogP contribution >= 0.6 is 36.4 Å². The topological polar surface area (TPSA) is 88.3 Å². The van der Waals surface area contributed by atoms with Gasteiger partial charge in [0.15, 0.2) is 0 Å². The van der Waals surface area contributed by atoms with Crippen LogP contribution in [0.5, 0.6) is 0 Å². The predicted octanol–water partition coefficient (Wildman–Crippen LogP) is 1.71. The molecule has 1 saturated heterocycles. The molecule has 0 unspecified atom stereocenters. The molecule has 2 heterocycles. The van der Waals surface area contributed by atoms with Gasteiger partial charge in [-0.1, -0.05) is 11.6 Å². The van der Waals surface area contributed by atoms with E-state index >= 15 is 0 Å². The van der Waals surface area contributed by atoms with Gasteiger partial charge in [0.05, 0.1) is 11.6 Å². The number of amides is 2. The van der Waals surface area contributed by atoms with Gasteiger partial charge in [-0.15, -0.1) is 24.8 Å². The highest BCUT2D eigenvalue weighted by atomic mass is 35.5. The Kier molecular flexibility index (Phi) is 9.36. The summed E-state index contributed by atoms with van der Waals surface area (Å²) >= 11 is 5.73. The summed E-state index contributed by atoms with van der Waals surface area (Å²) in [5.74, 6) is 0.247. The Morgan fingerprint density at radius 3 is 2.45 bits per heavy atom. The van der Waals surface area contributed by atoms with E-state index in [4.69, 9.17) is 17.3 Å². The van der Waals surface area contributed by atoms with Crippen molar-refractivity contribution in [1.29, 1.82) is 0 Å². The molecule has 0 saturated carbocycles. The van der Waals surface area contributed by atoms with E-state index in [1.54, 1.807) is 17.0 Å². The zero-order valence-corrected chi connectivity index (χ0v) is 14.2. The molecule has 1 fully saturated rings. The minimum absolute atomic E-state index is 0. The fourth-order valence-electron chi connectivity index (χ4n) is 2.20. The Morgan fingerprint density at radius 1 is 1.32 bits per heavy atom. The van der Waals surface area contributed by atoms with Crippen molar-refractivity contribution >= 4 is 54.0 Å². The number of pyridine rings is 1. The molecule has 124 valence electrons. The number of piperidine rings is 1. The zero-order valence-electron chi connectivity index (χ0n) is 11.8. The fraction of sp³-hybridized carbons (Fsp3) is 0.462. The van der Waals surface area contributed by atoms with E-state index in [0.29, 0.717) is 36.8 Å². The number of nitrogens with two attached hydrogens (primary N) is 1. The molecule has 9 heteroatoms. The number of rotatable bonds is 3. The summed E-state index contributed by atoms with van der Waals surface area (Å²) in [6.45, 7) is 1.16. The van der Waals surface area contributed by atoms with Crippen molar-refractivity contribution in [2.24, 2.45) is 11.7 Å². The molecule has 0 radical (unpaired) electrons.